The fraction of sp³-hybridized carbons (Fsp3) is 0.360. The van der Waals surface area contributed by atoms with E-state index in [1.807, 2.05) is 50.2 Å². The van der Waals surface area contributed by atoms with Crippen LogP contribution in [0.15, 0.2) is 45.6 Å². The van der Waals surface area contributed by atoms with Gasteiger partial charge in [0.25, 0.3) is 5.91 Å². The molecular formula is C25H28N2O5. The van der Waals surface area contributed by atoms with Gasteiger partial charge in [-0.05, 0) is 87.8 Å². The molecule has 1 amide bonds. The number of aryl methyl sites for hydroxylation is 2. The summed E-state index contributed by atoms with van der Waals surface area (Å²) < 4.78 is 17.1. The second kappa shape index (κ2) is 9.44. The van der Waals surface area contributed by atoms with E-state index in [-0.39, 0.29) is 18.1 Å². The SMILES string of the molecule is Cc1cc(OCC(=O)Nc2ccc(OCCN(C)C)cc2)c2c3c(c(=O)oc2c1)CCC3. The summed E-state index contributed by atoms with van der Waals surface area (Å²) in [6.07, 6.45) is 2.45. The molecule has 2 aromatic carbocycles. The lowest BCUT2D eigenvalue weighted by atomic mass is 10.0. The van der Waals surface area contributed by atoms with E-state index in [9.17, 15) is 9.59 Å². The minimum Gasteiger partial charge on any atom is -0.492 e. The van der Waals surface area contributed by atoms with E-state index in [4.69, 9.17) is 13.9 Å². The number of rotatable bonds is 8. The zero-order valence-corrected chi connectivity index (χ0v) is 18.7. The largest absolute Gasteiger partial charge is 0.492 e. The maximum atomic E-state index is 12.5. The van der Waals surface area contributed by atoms with Crippen molar-refractivity contribution >= 4 is 22.6 Å². The quantitative estimate of drug-likeness (QED) is 0.544. The molecule has 0 aliphatic heterocycles. The molecule has 0 radical (unpaired) electrons. The van der Waals surface area contributed by atoms with Gasteiger partial charge >= 0.3 is 5.63 Å². The van der Waals surface area contributed by atoms with Crippen molar-refractivity contribution in [3.05, 3.63) is 63.5 Å². The molecule has 0 unspecified atom stereocenters. The summed E-state index contributed by atoms with van der Waals surface area (Å²) in [7, 11) is 3.99. The normalized spacial score (nSPS) is 12.8. The molecule has 1 aromatic heterocycles. The molecule has 168 valence electrons. The molecule has 7 nitrogen and oxygen atoms in total. The van der Waals surface area contributed by atoms with Crippen molar-refractivity contribution < 1.29 is 18.7 Å². The molecule has 0 spiro atoms. The lowest BCUT2D eigenvalue weighted by Gasteiger charge is -2.13. The number of anilines is 1. The van der Waals surface area contributed by atoms with E-state index in [2.05, 4.69) is 5.32 Å². The first-order chi connectivity index (χ1) is 15.4. The Morgan fingerprint density at radius 3 is 2.59 bits per heavy atom. The van der Waals surface area contributed by atoms with Crippen molar-refractivity contribution in [2.24, 2.45) is 0 Å². The minimum atomic E-state index is -0.270. The smallest absolute Gasteiger partial charge is 0.339 e. The molecule has 4 rings (SSSR count). The van der Waals surface area contributed by atoms with Crippen LogP contribution in [-0.4, -0.2) is 44.7 Å². The van der Waals surface area contributed by atoms with Gasteiger partial charge in [0.2, 0.25) is 0 Å². The highest BCUT2D eigenvalue weighted by Gasteiger charge is 2.22. The number of likely N-dealkylation sites (N-methyl/N-ethyl adjacent to an activating group) is 1. The number of benzene rings is 2. The summed E-state index contributed by atoms with van der Waals surface area (Å²) in [5.41, 5.74) is 3.52. The van der Waals surface area contributed by atoms with Gasteiger partial charge in [0, 0.05) is 17.8 Å². The standard InChI is InChI=1S/C25H28N2O5/c1-16-13-21(24-19-5-4-6-20(19)25(29)32-22(24)14-16)31-15-23(28)26-17-7-9-18(10-8-17)30-12-11-27(2)3/h7-10,13-14H,4-6,11-12,15H2,1-3H3,(H,26,28). The number of fused-ring (bicyclic) bond motifs is 3. The Morgan fingerprint density at radius 2 is 1.84 bits per heavy atom. The van der Waals surface area contributed by atoms with E-state index in [0.717, 1.165) is 53.6 Å². The third-order valence-electron chi connectivity index (χ3n) is 5.48. The van der Waals surface area contributed by atoms with Gasteiger partial charge in [-0.25, -0.2) is 4.79 Å². The van der Waals surface area contributed by atoms with E-state index in [1.165, 1.54) is 0 Å². The molecule has 0 atom stereocenters. The minimum absolute atomic E-state index is 0.145. The number of nitrogens with one attached hydrogen (secondary N) is 1. The number of ether oxygens (including phenoxy) is 2. The van der Waals surface area contributed by atoms with E-state index >= 15 is 0 Å². The van der Waals surface area contributed by atoms with Crippen molar-refractivity contribution in [2.75, 3.05) is 39.2 Å². The predicted molar refractivity (Wildman–Crippen MR) is 124 cm³/mol. The molecule has 1 aliphatic rings. The predicted octanol–water partition coefficient (Wildman–Crippen LogP) is 3.55. The highest BCUT2D eigenvalue weighted by Crippen LogP contribution is 2.35. The monoisotopic (exact) mass is 436 g/mol. The van der Waals surface area contributed by atoms with Crippen molar-refractivity contribution in [3.63, 3.8) is 0 Å². The number of hydrogen-bond acceptors (Lipinski definition) is 6. The van der Waals surface area contributed by atoms with Gasteiger partial charge in [0.1, 0.15) is 23.7 Å². The second-order valence-electron chi connectivity index (χ2n) is 8.35. The average Bonchev–Trinajstić information content (AvgIpc) is 3.23. The number of carbonyl (C=O) groups excluding carboxylic acids is 1. The van der Waals surface area contributed by atoms with Crippen molar-refractivity contribution in [1.82, 2.24) is 4.90 Å². The maximum Gasteiger partial charge on any atom is 0.339 e. The molecule has 0 fully saturated rings. The van der Waals surface area contributed by atoms with Crippen molar-refractivity contribution in [1.29, 1.82) is 0 Å². The van der Waals surface area contributed by atoms with Crippen LogP contribution in [0.3, 0.4) is 0 Å². The van der Waals surface area contributed by atoms with Gasteiger partial charge in [-0.1, -0.05) is 0 Å². The van der Waals surface area contributed by atoms with Gasteiger partial charge in [0.05, 0.1) is 5.39 Å². The summed E-state index contributed by atoms with van der Waals surface area (Å²) in [5.74, 6) is 1.05. The van der Waals surface area contributed by atoms with Crippen LogP contribution in [0.1, 0.15) is 23.1 Å². The average molecular weight is 437 g/mol. The first-order valence-electron chi connectivity index (χ1n) is 10.8. The Labute approximate surface area is 186 Å². The summed E-state index contributed by atoms with van der Waals surface area (Å²) >= 11 is 0. The molecule has 1 aliphatic carbocycles. The fourth-order valence-electron chi connectivity index (χ4n) is 3.94. The van der Waals surface area contributed by atoms with E-state index < -0.39 is 0 Å². The Balaban J connectivity index is 1.42. The Kier molecular flexibility index (Phi) is 6.46. The fourth-order valence-corrected chi connectivity index (χ4v) is 3.94. The van der Waals surface area contributed by atoms with Crippen molar-refractivity contribution in [2.45, 2.75) is 26.2 Å². The lowest BCUT2D eigenvalue weighted by Crippen LogP contribution is -2.20. The third kappa shape index (κ3) is 4.94. The van der Waals surface area contributed by atoms with Gasteiger partial charge < -0.3 is 24.1 Å². The summed E-state index contributed by atoms with van der Waals surface area (Å²) in [4.78, 5) is 26.8. The zero-order chi connectivity index (χ0) is 22.7. The van der Waals surface area contributed by atoms with Gasteiger partial charge in [-0.15, -0.1) is 0 Å². The summed E-state index contributed by atoms with van der Waals surface area (Å²) in [5, 5.41) is 3.64. The van der Waals surface area contributed by atoms with Crippen LogP contribution in [0.25, 0.3) is 11.0 Å². The highest BCUT2D eigenvalue weighted by molar-refractivity contribution is 5.93. The van der Waals surface area contributed by atoms with Crippen LogP contribution in [0.4, 0.5) is 5.69 Å². The molecule has 1 N–H and O–H groups in total. The lowest BCUT2D eigenvalue weighted by molar-refractivity contribution is -0.118. The summed E-state index contributed by atoms with van der Waals surface area (Å²) in [6, 6.07) is 11.0. The number of amides is 1. The molecule has 3 aromatic rings. The number of carbonyl (C=O) groups is 1. The van der Waals surface area contributed by atoms with Crippen LogP contribution in [0.2, 0.25) is 0 Å². The van der Waals surface area contributed by atoms with Gasteiger partial charge in [0.15, 0.2) is 6.61 Å². The molecule has 0 saturated heterocycles. The topological polar surface area (TPSA) is 81.0 Å². The van der Waals surface area contributed by atoms with E-state index in [0.29, 0.717) is 23.6 Å². The number of nitrogens with zero attached hydrogens (tertiary/aromatic N) is 1. The Hall–Kier alpha value is -3.32. The second-order valence-corrected chi connectivity index (χ2v) is 8.35. The van der Waals surface area contributed by atoms with Gasteiger partial charge in [-0.3, -0.25) is 4.79 Å². The van der Waals surface area contributed by atoms with Crippen LogP contribution in [-0.2, 0) is 17.6 Å². The molecule has 0 saturated carbocycles. The van der Waals surface area contributed by atoms with Crippen molar-refractivity contribution in [3.8, 4) is 11.5 Å². The summed E-state index contributed by atoms with van der Waals surface area (Å²) in [6.45, 7) is 3.19. The van der Waals surface area contributed by atoms with Crippen LogP contribution < -0.4 is 20.4 Å². The number of hydrogen-bond donors (Lipinski definition) is 1. The molecule has 0 bridgehead atoms. The maximum absolute atomic E-state index is 12.5. The van der Waals surface area contributed by atoms with Crippen LogP contribution >= 0.6 is 0 Å². The molecule has 32 heavy (non-hydrogen) atoms. The van der Waals surface area contributed by atoms with Crippen LogP contribution in [0.5, 0.6) is 11.5 Å². The Bertz CT molecular complexity index is 1180. The van der Waals surface area contributed by atoms with Crippen LogP contribution in [0, 0.1) is 6.92 Å². The molecule has 1 heterocycles. The van der Waals surface area contributed by atoms with E-state index in [1.54, 1.807) is 12.1 Å². The Morgan fingerprint density at radius 1 is 1.09 bits per heavy atom. The third-order valence-corrected chi connectivity index (χ3v) is 5.48. The zero-order valence-electron chi connectivity index (χ0n) is 18.7. The first kappa shape index (κ1) is 21.9. The molecule has 7 heteroatoms. The first-order valence-corrected chi connectivity index (χ1v) is 10.8. The molecular weight excluding hydrogens is 408 g/mol. The van der Waals surface area contributed by atoms with Gasteiger partial charge in [-0.2, -0.15) is 0 Å². The highest BCUT2D eigenvalue weighted by atomic mass is 16.5.